The fourth-order valence-electron chi connectivity index (χ4n) is 2.59. The number of hydrogen-bond donors (Lipinski definition) is 0. The van der Waals surface area contributed by atoms with Gasteiger partial charge in [0.1, 0.15) is 5.65 Å². The molecule has 3 aromatic heterocycles. The molecule has 6 heteroatoms. The zero-order valence-electron chi connectivity index (χ0n) is 13.5. The van der Waals surface area contributed by atoms with Crippen molar-refractivity contribution < 1.29 is 0 Å². The van der Waals surface area contributed by atoms with Gasteiger partial charge in [0.2, 0.25) is 0 Å². The Labute approximate surface area is 144 Å². The van der Waals surface area contributed by atoms with Crippen LogP contribution in [0.4, 0.5) is 0 Å². The van der Waals surface area contributed by atoms with Crippen molar-refractivity contribution >= 4 is 17.4 Å². The van der Waals surface area contributed by atoms with E-state index in [9.17, 15) is 0 Å². The van der Waals surface area contributed by atoms with Crippen molar-refractivity contribution in [1.82, 2.24) is 24.1 Å². The van der Waals surface area contributed by atoms with Crippen LogP contribution in [0.2, 0.25) is 0 Å². The van der Waals surface area contributed by atoms with Crippen LogP contribution in [0.3, 0.4) is 0 Å². The number of benzene rings is 1. The third-order valence-corrected chi connectivity index (χ3v) is 4.96. The van der Waals surface area contributed by atoms with Crippen molar-refractivity contribution in [2.24, 2.45) is 7.05 Å². The normalized spacial score (nSPS) is 11.2. The minimum atomic E-state index is 0.765. The summed E-state index contributed by atoms with van der Waals surface area (Å²) < 4.78 is 4.06. The molecule has 24 heavy (non-hydrogen) atoms. The monoisotopic (exact) mass is 335 g/mol. The minimum absolute atomic E-state index is 0.765. The van der Waals surface area contributed by atoms with Crippen LogP contribution >= 0.6 is 11.8 Å². The number of pyridine rings is 1. The summed E-state index contributed by atoms with van der Waals surface area (Å²) in [5, 5.41) is 9.55. The molecule has 3 heterocycles. The molecule has 5 nitrogen and oxygen atoms in total. The molecule has 0 fully saturated rings. The molecule has 0 saturated heterocycles. The minimum Gasteiger partial charge on any atom is -0.307 e. The number of fused-ring (bicyclic) bond motifs is 1. The summed E-state index contributed by atoms with van der Waals surface area (Å²) in [6.07, 6.45) is 4.06. The highest BCUT2D eigenvalue weighted by atomic mass is 32.2. The lowest BCUT2D eigenvalue weighted by atomic mass is 10.1. The average Bonchev–Trinajstić information content (AvgIpc) is 3.17. The van der Waals surface area contributed by atoms with Gasteiger partial charge in [-0.1, -0.05) is 47.7 Å². The van der Waals surface area contributed by atoms with Crippen LogP contribution in [0, 0.1) is 6.92 Å². The SMILES string of the molecule is Cc1ccc(-c2nnc(SCc3cn4ccccc4n3)n2C)cc1. The first-order chi connectivity index (χ1) is 11.7. The second-order valence-electron chi connectivity index (χ2n) is 5.72. The Morgan fingerprint density at radius 1 is 1.04 bits per heavy atom. The number of imidazole rings is 1. The van der Waals surface area contributed by atoms with E-state index < -0.39 is 0 Å². The molecule has 0 amide bonds. The van der Waals surface area contributed by atoms with Crippen molar-refractivity contribution in [3.05, 3.63) is 66.1 Å². The summed E-state index contributed by atoms with van der Waals surface area (Å²) in [5.41, 5.74) is 4.31. The highest BCUT2D eigenvalue weighted by Gasteiger charge is 2.12. The maximum Gasteiger partial charge on any atom is 0.191 e. The van der Waals surface area contributed by atoms with E-state index in [4.69, 9.17) is 0 Å². The summed E-state index contributed by atoms with van der Waals surface area (Å²) in [6, 6.07) is 14.3. The molecule has 0 unspecified atom stereocenters. The number of nitrogens with zero attached hydrogens (tertiary/aromatic N) is 5. The van der Waals surface area contributed by atoms with Crippen molar-refractivity contribution in [2.45, 2.75) is 17.8 Å². The Morgan fingerprint density at radius 3 is 2.67 bits per heavy atom. The first-order valence-corrected chi connectivity index (χ1v) is 8.71. The van der Waals surface area contributed by atoms with Crippen molar-refractivity contribution in [3.63, 3.8) is 0 Å². The van der Waals surface area contributed by atoms with Crippen LogP contribution in [0.5, 0.6) is 0 Å². The quantitative estimate of drug-likeness (QED) is 0.533. The Morgan fingerprint density at radius 2 is 1.88 bits per heavy atom. The zero-order valence-corrected chi connectivity index (χ0v) is 14.4. The number of rotatable bonds is 4. The zero-order chi connectivity index (χ0) is 16.5. The number of aryl methyl sites for hydroxylation is 1. The lowest BCUT2D eigenvalue weighted by Crippen LogP contribution is -1.95. The Balaban J connectivity index is 1.54. The van der Waals surface area contributed by atoms with Gasteiger partial charge in [0, 0.05) is 30.8 Å². The van der Waals surface area contributed by atoms with E-state index in [1.807, 2.05) is 40.4 Å². The van der Waals surface area contributed by atoms with Crippen molar-refractivity contribution in [3.8, 4) is 11.4 Å². The van der Waals surface area contributed by atoms with Crippen LogP contribution in [-0.4, -0.2) is 24.1 Å². The molecule has 0 spiro atoms. The van der Waals surface area contributed by atoms with E-state index in [0.29, 0.717) is 0 Å². The van der Waals surface area contributed by atoms with Crippen molar-refractivity contribution in [2.75, 3.05) is 0 Å². The molecule has 4 aromatic rings. The predicted octanol–water partition coefficient (Wildman–Crippen LogP) is 3.73. The Bertz CT molecular complexity index is 951. The average molecular weight is 335 g/mol. The molecule has 0 atom stereocenters. The van der Waals surface area contributed by atoms with Gasteiger partial charge in [0.25, 0.3) is 0 Å². The summed E-state index contributed by atoms with van der Waals surface area (Å²) in [4.78, 5) is 4.62. The Kier molecular flexibility index (Phi) is 3.82. The fraction of sp³-hybridized carbons (Fsp3) is 0.167. The van der Waals surface area contributed by atoms with Crippen LogP contribution in [0.25, 0.3) is 17.0 Å². The molecule has 0 N–H and O–H groups in total. The third-order valence-electron chi connectivity index (χ3n) is 3.91. The van der Waals surface area contributed by atoms with E-state index in [2.05, 4.69) is 52.6 Å². The molecule has 0 aliphatic carbocycles. The molecule has 0 aliphatic rings. The lowest BCUT2D eigenvalue weighted by Gasteiger charge is -2.03. The number of thioether (sulfide) groups is 1. The maximum atomic E-state index is 4.62. The summed E-state index contributed by atoms with van der Waals surface area (Å²) >= 11 is 1.65. The van der Waals surface area contributed by atoms with Gasteiger partial charge < -0.3 is 8.97 Å². The Hall–Kier alpha value is -2.60. The van der Waals surface area contributed by atoms with E-state index >= 15 is 0 Å². The molecular weight excluding hydrogens is 318 g/mol. The van der Waals surface area contributed by atoms with Gasteiger partial charge in [0.15, 0.2) is 11.0 Å². The van der Waals surface area contributed by atoms with Gasteiger partial charge >= 0.3 is 0 Å². The van der Waals surface area contributed by atoms with Crippen LogP contribution in [0.1, 0.15) is 11.3 Å². The van der Waals surface area contributed by atoms with Gasteiger partial charge in [-0.3, -0.25) is 0 Å². The molecule has 4 rings (SSSR count). The molecule has 120 valence electrons. The first kappa shape index (κ1) is 15.0. The molecule has 0 radical (unpaired) electrons. The lowest BCUT2D eigenvalue weighted by molar-refractivity contribution is 0.793. The topological polar surface area (TPSA) is 48.0 Å². The van der Waals surface area contributed by atoms with Gasteiger partial charge in [-0.05, 0) is 19.1 Å². The van der Waals surface area contributed by atoms with E-state index in [1.165, 1.54) is 5.56 Å². The molecule has 0 aliphatic heterocycles. The highest BCUT2D eigenvalue weighted by Crippen LogP contribution is 2.25. The third kappa shape index (κ3) is 2.80. The van der Waals surface area contributed by atoms with Gasteiger partial charge in [-0.15, -0.1) is 10.2 Å². The second-order valence-corrected chi connectivity index (χ2v) is 6.66. The first-order valence-electron chi connectivity index (χ1n) is 7.72. The van der Waals surface area contributed by atoms with Crippen LogP contribution < -0.4 is 0 Å². The largest absolute Gasteiger partial charge is 0.307 e. The van der Waals surface area contributed by atoms with Gasteiger partial charge in [0.05, 0.1) is 5.69 Å². The van der Waals surface area contributed by atoms with Crippen LogP contribution in [-0.2, 0) is 12.8 Å². The predicted molar refractivity (Wildman–Crippen MR) is 95.9 cm³/mol. The molecule has 0 bridgehead atoms. The molecule has 0 saturated carbocycles. The van der Waals surface area contributed by atoms with Crippen LogP contribution in [0.15, 0.2) is 60.0 Å². The van der Waals surface area contributed by atoms with Gasteiger partial charge in [-0.25, -0.2) is 4.98 Å². The maximum absolute atomic E-state index is 4.62. The van der Waals surface area contributed by atoms with E-state index in [-0.39, 0.29) is 0 Å². The smallest absolute Gasteiger partial charge is 0.191 e. The van der Waals surface area contributed by atoms with Gasteiger partial charge in [-0.2, -0.15) is 0 Å². The molecule has 1 aromatic carbocycles. The summed E-state index contributed by atoms with van der Waals surface area (Å²) in [5.74, 6) is 1.65. The fourth-order valence-corrected chi connectivity index (χ4v) is 3.38. The van der Waals surface area contributed by atoms with Crippen molar-refractivity contribution in [1.29, 1.82) is 0 Å². The highest BCUT2D eigenvalue weighted by molar-refractivity contribution is 7.98. The van der Waals surface area contributed by atoms with E-state index in [0.717, 1.165) is 33.6 Å². The van der Waals surface area contributed by atoms with E-state index in [1.54, 1.807) is 11.8 Å². The molecular formula is C18H17N5S. The summed E-state index contributed by atoms with van der Waals surface area (Å²) in [7, 11) is 2.00. The standard InChI is InChI=1S/C18H17N5S/c1-13-6-8-14(9-7-13)17-20-21-18(22(17)2)24-12-15-11-23-10-4-3-5-16(23)19-15/h3-11H,12H2,1-2H3. The number of aromatic nitrogens is 5. The number of hydrogen-bond acceptors (Lipinski definition) is 4. The second kappa shape index (κ2) is 6.13. The summed E-state index contributed by atoms with van der Waals surface area (Å²) in [6.45, 7) is 2.08.